The highest BCUT2D eigenvalue weighted by Gasteiger charge is 2.21. The molecule has 0 bridgehead atoms. The van der Waals surface area contributed by atoms with Crippen LogP contribution in [-0.2, 0) is 16.6 Å². The van der Waals surface area contributed by atoms with Gasteiger partial charge in [-0.3, -0.25) is 0 Å². The maximum Gasteiger partial charge on any atom is 0.211 e. The first-order chi connectivity index (χ1) is 10.9. The number of nitrogens with zero attached hydrogens (tertiary/aromatic N) is 4. The molecule has 2 aromatic rings. The molecule has 3 rings (SSSR count). The summed E-state index contributed by atoms with van der Waals surface area (Å²) < 4.78 is 27.2. The molecule has 0 saturated carbocycles. The molecule has 126 valence electrons. The van der Waals surface area contributed by atoms with Crippen molar-refractivity contribution in [3.8, 4) is 0 Å². The monoisotopic (exact) mass is 336 g/mol. The molecule has 0 aliphatic carbocycles. The average molecular weight is 336 g/mol. The SMILES string of the molecule is Cc1nc2ccccc2n1CCN1CCCN(S(C)(=O)=O)CC1. The molecule has 1 aromatic heterocycles. The van der Waals surface area contributed by atoms with E-state index in [-0.39, 0.29) is 0 Å². The van der Waals surface area contributed by atoms with Gasteiger partial charge < -0.3 is 9.47 Å². The van der Waals surface area contributed by atoms with Gasteiger partial charge in [0.05, 0.1) is 17.3 Å². The number of aryl methyl sites for hydroxylation is 1. The van der Waals surface area contributed by atoms with Crippen LogP contribution in [0.2, 0.25) is 0 Å². The first-order valence-electron chi connectivity index (χ1n) is 8.04. The predicted octanol–water partition coefficient (Wildman–Crippen LogP) is 1.31. The number of benzene rings is 1. The number of hydrogen-bond donors (Lipinski definition) is 0. The van der Waals surface area contributed by atoms with E-state index in [1.54, 1.807) is 4.31 Å². The average Bonchev–Trinajstić information content (AvgIpc) is 2.67. The van der Waals surface area contributed by atoms with Crippen molar-refractivity contribution in [1.82, 2.24) is 18.8 Å². The molecule has 0 unspecified atom stereocenters. The van der Waals surface area contributed by atoms with E-state index in [1.165, 1.54) is 6.26 Å². The van der Waals surface area contributed by atoms with Crippen molar-refractivity contribution in [3.63, 3.8) is 0 Å². The first kappa shape index (κ1) is 16.4. The molecular weight excluding hydrogens is 312 g/mol. The van der Waals surface area contributed by atoms with Crippen LogP contribution in [-0.4, -0.2) is 66.2 Å². The zero-order chi connectivity index (χ0) is 16.4. The molecule has 1 saturated heterocycles. The van der Waals surface area contributed by atoms with E-state index in [9.17, 15) is 8.42 Å². The van der Waals surface area contributed by atoms with E-state index < -0.39 is 10.0 Å². The fourth-order valence-electron chi connectivity index (χ4n) is 3.22. The minimum atomic E-state index is -3.07. The van der Waals surface area contributed by atoms with Crippen LogP contribution < -0.4 is 0 Å². The van der Waals surface area contributed by atoms with Crippen LogP contribution in [0.25, 0.3) is 11.0 Å². The Morgan fingerprint density at radius 2 is 1.87 bits per heavy atom. The molecule has 1 aromatic carbocycles. The van der Waals surface area contributed by atoms with Crippen LogP contribution in [0.3, 0.4) is 0 Å². The van der Waals surface area contributed by atoms with Crippen LogP contribution in [0.15, 0.2) is 24.3 Å². The first-order valence-corrected chi connectivity index (χ1v) is 9.89. The second kappa shape index (κ2) is 6.59. The number of fused-ring (bicyclic) bond motifs is 1. The molecule has 1 aliphatic heterocycles. The Hall–Kier alpha value is -1.44. The summed E-state index contributed by atoms with van der Waals surface area (Å²) in [6.07, 6.45) is 2.18. The van der Waals surface area contributed by atoms with Crippen LogP contribution >= 0.6 is 0 Å². The molecule has 6 nitrogen and oxygen atoms in total. The Balaban J connectivity index is 1.65. The number of rotatable bonds is 4. The van der Waals surface area contributed by atoms with Gasteiger partial charge in [0.15, 0.2) is 0 Å². The lowest BCUT2D eigenvalue weighted by Crippen LogP contribution is -2.35. The summed E-state index contributed by atoms with van der Waals surface area (Å²) in [5.41, 5.74) is 2.20. The molecule has 0 N–H and O–H groups in total. The summed E-state index contributed by atoms with van der Waals surface area (Å²) >= 11 is 0. The van der Waals surface area contributed by atoms with Crippen molar-refractivity contribution in [2.75, 3.05) is 39.0 Å². The number of aromatic nitrogens is 2. The minimum absolute atomic E-state index is 0.586. The van der Waals surface area contributed by atoms with Crippen LogP contribution in [0.1, 0.15) is 12.2 Å². The third-order valence-corrected chi connectivity index (χ3v) is 5.80. The number of imidazole rings is 1. The van der Waals surface area contributed by atoms with E-state index in [2.05, 4.69) is 20.5 Å². The van der Waals surface area contributed by atoms with Gasteiger partial charge in [0.2, 0.25) is 10.0 Å². The van der Waals surface area contributed by atoms with Crippen LogP contribution in [0, 0.1) is 6.92 Å². The fourth-order valence-corrected chi connectivity index (χ4v) is 4.10. The van der Waals surface area contributed by atoms with Gasteiger partial charge in [0, 0.05) is 32.7 Å². The summed E-state index contributed by atoms with van der Waals surface area (Å²) in [6, 6.07) is 8.18. The highest BCUT2D eigenvalue weighted by molar-refractivity contribution is 7.88. The molecular formula is C16H24N4O2S. The molecule has 0 radical (unpaired) electrons. The molecule has 0 spiro atoms. The summed E-state index contributed by atoms with van der Waals surface area (Å²) in [7, 11) is -3.07. The maximum absolute atomic E-state index is 11.7. The van der Waals surface area contributed by atoms with E-state index in [4.69, 9.17) is 0 Å². The lowest BCUT2D eigenvalue weighted by Gasteiger charge is -2.21. The van der Waals surface area contributed by atoms with Crippen molar-refractivity contribution in [2.45, 2.75) is 19.9 Å². The van der Waals surface area contributed by atoms with Crippen molar-refractivity contribution in [1.29, 1.82) is 0 Å². The number of sulfonamides is 1. The summed E-state index contributed by atoms with van der Waals surface area (Å²) in [5, 5.41) is 0. The van der Waals surface area contributed by atoms with Gasteiger partial charge >= 0.3 is 0 Å². The van der Waals surface area contributed by atoms with Gasteiger partial charge in [0.1, 0.15) is 5.82 Å². The Kier molecular flexibility index (Phi) is 4.70. The van der Waals surface area contributed by atoms with Gasteiger partial charge in [-0.15, -0.1) is 0 Å². The van der Waals surface area contributed by atoms with Gasteiger partial charge in [-0.1, -0.05) is 12.1 Å². The maximum atomic E-state index is 11.7. The third-order valence-electron chi connectivity index (χ3n) is 4.50. The Morgan fingerprint density at radius 1 is 1.09 bits per heavy atom. The molecule has 7 heteroatoms. The standard InChI is InChI=1S/C16H24N4O2S/c1-14-17-15-6-3-4-7-16(15)20(14)13-11-18-8-5-9-19(12-10-18)23(2,21)22/h3-4,6-7H,5,8-13H2,1-2H3. The molecule has 1 aliphatic rings. The minimum Gasteiger partial charge on any atom is -0.327 e. The zero-order valence-corrected chi connectivity index (χ0v) is 14.6. The topological polar surface area (TPSA) is 58.4 Å². The molecule has 2 heterocycles. The van der Waals surface area contributed by atoms with Crippen molar-refractivity contribution < 1.29 is 8.42 Å². The van der Waals surface area contributed by atoms with Gasteiger partial charge in [-0.25, -0.2) is 17.7 Å². The molecule has 0 atom stereocenters. The second-order valence-corrected chi connectivity index (χ2v) is 8.14. The van der Waals surface area contributed by atoms with E-state index in [0.29, 0.717) is 13.1 Å². The Labute approximate surface area is 137 Å². The van der Waals surface area contributed by atoms with Crippen LogP contribution in [0.5, 0.6) is 0 Å². The zero-order valence-electron chi connectivity index (χ0n) is 13.8. The molecule has 23 heavy (non-hydrogen) atoms. The molecule has 0 amide bonds. The van der Waals surface area contributed by atoms with Crippen molar-refractivity contribution in [2.24, 2.45) is 0 Å². The fraction of sp³-hybridized carbons (Fsp3) is 0.562. The summed E-state index contributed by atoms with van der Waals surface area (Å²) in [6.45, 7) is 6.78. The predicted molar refractivity (Wildman–Crippen MR) is 91.9 cm³/mol. The Bertz CT molecular complexity index is 784. The van der Waals surface area contributed by atoms with Gasteiger partial charge in [-0.05, 0) is 32.0 Å². The summed E-state index contributed by atoms with van der Waals surface area (Å²) in [4.78, 5) is 6.94. The van der Waals surface area contributed by atoms with Crippen LogP contribution in [0.4, 0.5) is 0 Å². The second-order valence-electron chi connectivity index (χ2n) is 6.16. The Morgan fingerprint density at radius 3 is 2.65 bits per heavy atom. The highest BCUT2D eigenvalue weighted by atomic mass is 32.2. The van der Waals surface area contributed by atoms with E-state index >= 15 is 0 Å². The van der Waals surface area contributed by atoms with Crippen molar-refractivity contribution >= 4 is 21.1 Å². The lowest BCUT2D eigenvalue weighted by atomic mass is 10.3. The van der Waals surface area contributed by atoms with Gasteiger partial charge in [0.25, 0.3) is 0 Å². The van der Waals surface area contributed by atoms with Gasteiger partial charge in [-0.2, -0.15) is 0 Å². The largest absolute Gasteiger partial charge is 0.327 e. The van der Waals surface area contributed by atoms with E-state index in [0.717, 1.165) is 49.5 Å². The lowest BCUT2D eigenvalue weighted by molar-refractivity contribution is 0.275. The normalized spacial score (nSPS) is 18.3. The number of para-hydroxylation sites is 2. The van der Waals surface area contributed by atoms with Crippen molar-refractivity contribution in [3.05, 3.63) is 30.1 Å². The molecule has 1 fully saturated rings. The third kappa shape index (κ3) is 3.73. The van der Waals surface area contributed by atoms with E-state index in [1.807, 2.05) is 25.1 Å². The summed E-state index contributed by atoms with van der Waals surface area (Å²) in [5.74, 6) is 1.03. The smallest absolute Gasteiger partial charge is 0.211 e. The highest BCUT2D eigenvalue weighted by Crippen LogP contribution is 2.15. The quantitative estimate of drug-likeness (QED) is 0.845. The number of hydrogen-bond acceptors (Lipinski definition) is 4.